The summed E-state index contributed by atoms with van der Waals surface area (Å²) in [7, 11) is 0. The molecule has 6 rings (SSSR count). The lowest BCUT2D eigenvalue weighted by Crippen LogP contribution is -2.52. The number of aromatic hydroxyl groups is 1. The van der Waals surface area contributed by atoms with Gasteiger partial charge in [-0.05, 0) is 79.0 Å². The van der Waals surface area contributed by atoms with Crippen molar-refractivity contribution in [1.29, 1.82) is 0 Å². The SMILES string of the molecule is O=COC(c1ccccc1)C12CC3CC(C1)C(c1ccc(O)cc1)C(C3)C2. The van der Waals surface area contributed by atoms with Crippen LogP contribution in [-0.4, -0.2) is 11.6 Å². The third-order valence-corrected chi connectivity index (χ3v) is 7.45. The van der Waals surface area contributed by atoms with E-state index in [-0.39, 0.29) is 11.5 Å². The van der Waals surface area contributed by atoms with Crippen LogP contribution in [0.1, 0.15) is 55.3 Å². The minimum atomic E-state index is -0.134. The van der Waals surface area contributed by atoms with Crippen LogP contribution in [0.15, 0.2) is 54.6 Å². The van der Waals surface area contributed by atoms with E-state index in [1.807, 2.05) is 30.3 Å². The number of carbonyl (C=O) groups excluding carboxylic acids is 1. The van der Waals surface area contributed by atoms with Gasteiger partial charge in [0.1, 0.15) is 11.9 Å². The lowest BCUT2D eigenvalue weighted by molar-refractivity contribution is -0.165. The Labute approximate surface area is 160 Å². The number of ether oxygens (including phenoxy) is 1. The highest BCUT2D eigenvalue weighted by Gasteiger charge is 2.59. The number of phenols is 1. The molecule has 4 fully saturated rings. The van der Waals surface area contributed by atoms with Crippen molar-refractivity contribution in [1.82, 2.24) is 0 Å². The summed E-state index contributed by atoms with van der Waals surface area (Å²) >= 11 is 0. The molecule has 0 spiro atoms. The van der Waals surface area contributed by atoms with Gasteiger partial charge in [-0.25, -0.2) is 0 Å². The molecule has 0 radical (unpaired) electrons. The van der Waals surface area contributed by atoms with Crippen molar-refractivity contribution in [2.75, 3.05) is 0 Å². The lowest BCUT2D eigenvalue weighted by Gasteiger charge is -2.62. The van der Waals surface area contributed by atoms with Crippen LogP contribution < -0.4 is 0 Å². The molecule has 0 aliphatic heterocycles. The van der Waals surface area contributed by atoms with Crippen LogP contribution in [0.25, 0.3) is 0 Å². The van der Waals surface area contributed by atoms with Crippen LogP contribution >= 0.6 is 0 Å². The van der Waals surface area contributed by atoms with Gasteiger partial charge in [0, 0.05) is 5.41 Å². The Morgan fingerprint density at radius 2 is 1.63 bits per heavy atom. The van der Waals surface area contributed by atoms with Crippen molar-refractivity contribution in [2.24, 2.45) is 23.2 Å². The Morgan fingerprint density at radius 1 is 0.963 bits per heavy atom. The normalized spacial score (nSPS) is 35.0. The van der Waals surface area contributed by atoms with Crippen molar-refractivity contribution in [2.45, 2.75) is 44.1 Å². The molecule has 4 aliphatic rings. The summed E-state index contributed by atoms with van der Waals surface area (Å²) in [6.07, 6.45) is 5.86. The Balaban J connectivity index is 1.49. The molecule has 2 aromatic carbocycles. The maximum atomic E-state index is 11.4. The first-order chi connectivity index (χ1) is 13.2. The molecule has 0 amide bonds. The smallest absolute Gasteiger partial charge is 0.293 e. The molecule has 2 aromatic rings. The molecular formula is C24H26O3. The van der Waals surface area contributed by atoms with E-state index in [2.05, 4.69) is 24.3 Å². The molecule has 4 aliphatic carbocycles. The molecule has 27 heavy (non-hydrogen) atoms. The van der Waals surface area contributed by atoms with E-state index in [4.69, 9.17) is 4.74 Å². The molecule has 0 aromatic heterocycles. The summed E-state index contributed by atoms with van der Waals surface area (Å²) in [5.74, 6) is 2.94. The summed E-state index contributed by atoms with van der Waals surface area (Å²) in [6, 6.07) is 18.1. The molecule has 1 N–H and O–H groups in total. The topological polar surface area (TPSA) is 46.5 Å². The van der Waals surface area contributed by atoms with Gasteiger partial charge in [0.2, 0.25) is 0 Å². The zero-order chi connectivity index (χ0) is 18.4. The van der Waals surface area contributed by atoms with Gasteiger partial charge >= 0.3 is 0 Å². The second kappa shape index (κ2) is 6.40. The standard InChI is InChI=1S/C24H26O3/c25-15-27-23(18-4-2-1-3-5-18)24-12-16-10-19(13-24)22(20(11-16)14-24)17-6-8-21(26)9-7-17/h1-9,15-16,19-20,22-23,26H,10-14H2. The fourth-order valence-corrected chi connectivity index (χ4v) is 6.91. The third-order valence-electron chi connectivity index (χ3n) is 7.45. The average molecular weight is 362 g/mol. The van der Waals surface area contributed by atoms with Crippen LogP contribution in [0.2, 0.25) is 0 Å². The largest absolute Gasteiger partial charge is 0.508 e. The van der Waals surface area contributed by atoms with Gasteiger partial charge < -0.3 is 9.84 Å². The minimum Gasteiger partial charge on any atom is -0.508 e. The van der Waals surface area contributed by atoms with Crippen LogP contribution in [0.3, 0.4) is 0 Å². The highest BCUT2D eigenvalue weighted by molar-refractivity contribution is 5.40. The molecule has 3 heteroatoms. The highest BCUT2D eigenvalue weighted by atomic mass is 16.5. The molecular weight excluding hydrogens is 336 g/mol. The van der Waals surface area contributed by atoms with Crippen molar-refractivity contribution in [3.05, 3.63) is 65.7 Å². The fourth-order valence-electron chi connectivity index (χ4n) is 6.91. The van der Waals surface area contributed by atoms with E-state index in [9.17, 15) is 9.90 Å². The van der Waals surface area contributed by atoms with E-state index >= 15 is 0 Å². The fraction of sp³-hybridized carbons (Fsp3) is 0.458. The number of rotatable bonds is 5. The molecule has 3 unspecified atom stereocenters. The minimum absolute atomic E-state index is 0.0756. The molecule has 0 saturated heterocycles. The Hall–Kier alpha value is -2.29. The second-order valence-corrected chi connectivity index (χ2v) is 8.97. The number of carbonyl (C=O) groups is 1. The molecule has 3 atom stereocenters. The van der Waals surface area contributed by atoms with Crippen LogP contribution in [0.5, 0.6) is 5.75 Å². The highest BCUT2D eigenvalue weighted by Crippen LogP contribution is 2.68. The molecule has 140 valence electrons. The second-order valence-electron chi connectivity index (χ2n) is 8.97. The zero-order valence-electron chi connectivity index (χ0n) is 15.5. The zero-order valence-corrected chi connectivity index (χ0v) is 15.5. The summed E-state index contributed by atoms with van der Waals surface area (Å²) in [4.78, 5) is 11.4. The van der Waals surface area contributed by atoms with Crippen LogP contribution in [0, 0.1) is 23.2 Å². The Morgan fingerprint density at radius 3 is 2.26 bits per heavy atom. The van der Waals surface area contributed by atoms with Gasteiger partial charge in [0.15, 0.2) is 0 Å². The van der Waals surface area contributed by atoms with E-state index in [0.717, 1.165) is 24.3 Å². The van der Waals surface area contributed by atoms with Crippen molar-refractivity contribution >= 4 is 6.47 Å². The molecule has 0 heterocycles. The van der Waals surface area contributed by atoms with E-state index in [1.165, 1.54) is 24.8 Å². The van der Waals surface area contributed by atoms with Crippen LogP contribution in [-0.2, 0) is 9.53 Å². The molecule has 4 saturated carbocycles. The van der Waals surface area contributed by atoms with Gasteiger partial charge in [-0.15, -0.1) is 0 Å². The summed E-state index contributed by atoms with van der Waals surface area (Å²) in [6.45, 7) is 0.647. The quantitative estimate of drug-likeness (QED) is 0.742. The van der Waals surface area contributed by atoms with Crippen LogP contribution in [0.4, 0.5) is 0 Å². The first kappa shape index (κ1) is 16.9. The van der Waals surface area contributed by atoms with Crippen molar-refractivity contribution < 1.29 is 14.6 Å². The maximum absolute atomic E-state index is 11.4. The summed E-state index contributed by atoms with van der Waals surface area (Å²) in [5.41, 5.74) is 2.57. The van der Waals surface area contributed by atoms with Crippen molar-refractivity contribution in [3.63, 3.8) is 0 Å². The summed E-state index contributed by atoms with van der Waals surface area (Å²) in [5, 5.41) is 9.66. The van der Waals surface area contributed by atoms with E-state index < -0.39 is 0 Å². The predicted octanol–water partition coefficient (Wildman–Crippen LogP) is 5.22. The summed E-state index contributed by atoms with van der Waals surface area (Å²) < 4.78 is 5.76. The van der Waals surface area contributed by atoms with Gasteiger partial charge in [-0.1, -0.05) is 42.5 Å². The van der Waals surface area contributed by atoms with Gasteiger partial charge in [0.05, 0.1) is 0 Å². The first-order valence-electron chi connectivity index (χ1n) is 10.1. The van der Waals surface area contributed by atoms with E-state index in [1.54, 1.807) is 0 Å². The number of hydrogen-bond donors (Lipinski definition) is 1. The maximum Gasteiger partial charge on any atom is 0.293 e. The number of benzene rings is 2. The van der Waals surface area contributed by atoms with Gasteiger partial charge in [-0.2, -0.15) is 0 Å². The number of phenolic OH excluding ortho intramolecular Hbond substituents is 1. The molecule has 4 bridgehead atoms. The predicted molar refractivity (Wildman–Crippen MR) is 103 cm³/mol. The van der Waals surface area contributed by atoms with Gasteiger partial charge in [-0.3, -0.25) is 4.79 Å². The Kier molecular flexibility index (Phi) is 3.99. The average Bonchev–Trinajstić information content (AvgIpc) is 2.67. The lowest BCUT2D eigenvalue weighted by atomic mass is 9.44. The van der Waals surface area contributed by atoms with Gasteiger partial charge in [0.25, 0.3) is 6.47 Å². The Bertz CT molecular complexity index is 797. The van der Waals surface area contributed by atoms with Crippen molar-refractivity contribution in [3.8, 4) is 5.75 Å². The monoisotopic (exact) mass is 362 g/mol. The van der Waals surface area contributed by atoms with E-state index in [0.29, 0.717) is 30.0 Å². The first-order valence-corrected chi connectivity index (χ1v) is 10.1. The third kappa shape index (κ3) is 2.75. The number of hydrogen-bond acceptors (Lipinski definition) is 3. The molecule has 3 nitrogen and oxygen atoms in total.